The Morgan fingerprint density at radius 2 is 1.67 bits per heavy atom. The summed E-state index contributed by atoms with van der Waals surface area (Å²) in [5, 5.41) is 0. The molecule has 0 aromatic carbocycles. The molecule has 0 saturated carbocycles. The molecule has 3 heteroatoms. The van der Waals surface area contributed by atoms with Crippen LogP contribution < -0.4 is 5.90 Å². The summed E-state index contributed by atoms with van der Waals surface area (Å²) in [5.41, 5.74) is -0.0453. The number of ether oxygens (including phenoxy) is 1. The first-order chi connectivity index (χ1) is 5.33. The van der Waals surface area contributed by atoms with E-state index in [2.05, 4.69) is 32.5 Å². The topological polar surface area (TPSA) is 44.5 Å². The highest BCUT2D eigenvalue weighted by molar-refractivity contribution is 4.79. The molecule has 0 saturated heterocycles. The summed E-state index contributed by atoms with van der Waals surface area (Å²) in [7, 11) is 1.72. The summed E-state index contributed by atoms with van der Waals surface area (Å²) in [6, 6.07) is 0. The molecule has 2 N–H and O–H groups in total. The minimum atomic E-state index is -0.109. The van der Waals surface area contributed by atoms with Crippen molar-refractivity contribution in [2.24, 2.45) is 11.3 Å². The molecule has 0 aromatic rings. The molecule has 0 fully saturated rings. The second-order valence-electron chi connectivity index (χ2n) is 4.62. The van der Waals surface area contributed by atoms with Gasteiger partial charge in [-0.1, -0.05) is 13.8 Å². The van der Waals surface area contributed by atoms with Gasteiger partial charge < -0.3 is 9.57 Å². The zero-order valence-electron chi connectivity index (χ0n) is 8.81. The van der Waals surface area contributed by atoms with E-state index in [9.17, 15) is 0 Å². The Balaban J connectivity index is 4.04. The third-order valence-corrected chi connectivity index (χ3v) is 1.93. The molecule has 0 aromatic heterocycles. The van der Waals surface area contributed by atoms with Gasteiger partial charge in [-0.25, -0.2) is 5.90 Å². The molecular weight excluding hydrogens is 154 g/mol. The summed E-state index contributed by atoms with van der Waals surface area (Å²) in [5.74, 6) is 5.03. The van der Waals surface area contributed by atoms with E-state index in [1.807, 2.05) is 0 Å². The van der Waals surface area contributed by atoms with Gasteiger partial charge in [0.2, 0.25) is 0 Å². The molecule has 0 spiro atoms. The lowest BCUT2D eigenvalue weighted by Gasteiger charge is -2.33. The average molecular weight is 175 g/mol. The number of hydrogen-bond donors (Lipinski definition) is 1. The Morgan fingerprint density at radius 3 is 2.00 bits per heavy atom. The Labute approximate surface area is 75.2 Å². The monoisotopic (exact) mass is 175 g/mol. The first-order valence-corrected chi connectivity index (χ1v) is 4.20. The maximum absolute atomic E-state index is 5.32. The summed E-state index contributed by atoms with van der Waals surface area (Å²) in [6.07, 6.45) is 0.924. The van der Waals surface area contributed by atoms with E-state index < -0.39 is 0 Å². The third kappa shape index (κ3) is 4.70. The van der Waals surface area contributed by atoms with Gasteiger partial charge in [0.25, 0.3) is 0 Å². The highest BCUT2D eigenvalue weighted by atomic mass is 16.6. The molecule has 0 atom stereocenters. The molecule has 0 amide bonds. The van der Waals surface area contributed by atoms with Crippen LogP contribution in [-0.2, 0) is 9.57 Å². The van der Waals surface area contributed by atoms with E-state index in [0.29, 0.717) is 6.61 Å². The predicted molar refractivity (Wildman–Crippen MR) is 49.6 cm³/mol. The van der Waals surface area contributed by atoms with Gasteiger partial charge in [0.1, 0.15) is 0 Å². The lowest BCUT2D eigenvalue weighted by Crippen LogP contribution is -2.33. The molecule has 0 rings (SSSR count). The van der Waals surface area contributed by atoms with Crippen molar-refractivity contribution >= 4 is 0 Å². The van der Waals surface area contributed by atoms with Crippen LogP contribution in [0.15, 0.2) is 0 Å². The number of methoxy groups -OCH3 is 1. The summed E-state index contributed by atoms with van der Waals surface area (Å²) in [6.45, 7) is 8.90. The zero-order valence-corrected chi connectivity index (χ0v) is 8.81. The number of hydrogen-bond acceptors (Lipinski definition) is 3. The normalized spacial score (nSPS) is 13.5. The molecule has 0 heterocycles. The molecular formula is C9H21NO2. The second-order valence-corrected chi connectivity index (χ2v) is 4.62. The first kappa shape index (κ1) is 11.9. The smallest absolute Gasteiger partial charge is 0.0731 e. The van der Waals surface area contributed by atoms with Gasteiger partial charge in [-0.15, -0.1) is 0 Å². The standard InChI is InChI=1S/C9H21NO2/c1-8(2,7-12-10)6-9(3,4)11-5/h6-7,10H2,1-5H3. The van der Waals surface area contributed by atoms with Gasteiger partial charge in [0, 0.05) is 7.11 Å². The minimum Gasteiger partial charge on any atom is -0.379 e. The molecule has 0 unspecified atom stereocenters. The van der Waals surface area contributed by atoms with Crippen LogP contribution in [-0.4, -0.2) is 19.3 Å². The van der Waals surface area contributed by atoms with E-state index in [1.165, 1.54) is 0 Å². The third-order valence-electron chi connectivity index (χ3n) is 1.93. The predicted octanol–water partition coefficient (Wildman–Crippen LogP) is 1.72. The lowest BCUT2D eigenvalue weighted by molar-refractivity contribution is -0.0376. The fourth-order valence-corrected chi connectivity index (χ4v) is 1.50. The molecule has 0 aliphatic rings. The summed E-state index contributed by atoms with van der Waals surface area (Å²) >= 11 is 0. The van der Waals surface area contributed by atoms with Crippen molar-refractivity contribution in [3.05, 3.63) is 0 Å². The second kappa shape index (κ2) is 4.21. The molecule has 0 radical (unpaired) electrons. The zero-order chi connectivity index (χ0) is 9.83. The van der Waals surface area contributed by atoms with E-state index in [4.69, 9.17) is 10.6 Å². The van der Waals surface area contributed by atoms with Crippen molar-refractivity contribution in [2.75, 3.05) is 13.7 Å². The Hall–Kier alpha value is -0.120. The van der Waals surface area contributed by atoms with Gasteiger partial charge in [0.05, 0.1) is 12.2 Å². The molecule has 3 nitrogen and oxygen atoms in total. The molecule has 0 aliphatic heterocycles. The van der Waals surface area contributed by atoms with E-state index >= 15 is 0 Å². The molecule has 74 valence electrons. The molecule has 12 heavy (non-hydrogen) atoms. The van der Waals surface area contributed by atoms with Crippen LogP contribution in [0.3, 0.4) is 0 Å². The van der Waals surface area contributed by atoms with Crippen LogP contribution in [0.2, 0.25) is 0 Å². The van der Waals surface area contributed by atoms with Crippen LogP contribution >= 0.6 is 0 Å². The highest BCUT2D eigenvalue weighted by Gasteiger charge is 2.28. The Kier molecular flexibility index (Phi) is 4.17. The van der Waals surface area contributed by atoms with E-state index in [-0.39, 0.29) is 11.0 Å². The van der Waals surface area contributed by atoms with Gasteiger partial charge in [-0.3, -0.25) is 0 Å². The summed E-state index contributed by atoms with van der Waals surface area (Å²) in [4.78, 5) is 4.64. The van der Waals surface area contributed by atoms with Crippen molar-refractivity contribution in [3.8, 4) is 0 Å². The minimum absolute atomic E-state index is 0.0637. The SMILES string of the molecule is COC(C)(C)CC(C)(C)CON. The van der Waals surface area contributed by atoms with Gasteiger partial charge in [0.15, 0.2) is 0 Å². The van der Waals surface area contributed by atoms with Crippen LogP contribution in [0.4, 0.5) is 0 Å². The Morgan fingerprint density at radius 1 is 1.17 bits per heavy atom. The maximum Gasteiger partial charge on any atom is 0.0731 e. The van der Waals surface area contributed by atoms with Crippen molar-refractivity contribution in [1.82, 2.24) is 0 Å². The fraction of sp³-hybridized carbons (Fsp3) is 1.00. The highest BCUT2D eigenvalue weighted by Crippen LogP contribution is 2.29. The maximum atomic E-state index is 5.32. The average Bonchev–Trinajstić information content (AvgIpc) is 1.85. The van der Waals surface area contributed by atoms with Crippen LogP contribution in [0.5, 0.6) is 0 Å². The number of nitrogens with two attached hydrogens (primary N) is 1. The fourth-order valence-electron chi connectivity index (χ4n) is 1.50. The van der Waals surface area contributed by atoms with Crippen LogP contribution in [0, 0.1) is 5.41 Å². The molecule has 0 aliphatic carbocycles. The Bertz CT molecular complexity index is 132. The van der Waals surface area contributed by atoms with Gasteiger partial charge in [-0.05, 0) is 25.7 Å². The quantitative estimate of drug-likeness (QED) is 0.647. The summed E-state index contributed by atoms with van der Waals surface area (Å²) < 4.78 is 5.32. The van der Waals surface area contributed by atoms with E-state index in [1.54, 1.807) is 7.11 Å². The lowest BCUT2D eigenvalue weighted by atomic mass is 9.82. The van der Waals surface area contributed by atoms with Crippen LogP contribution in [0.25, 0.3) is 0 Å². The van der Waals surface area contributed by atoms with Crippen molar-refractivity contribution < 1.29 is 9.57 Å². The van der Waals surface area contributed by atoms with Crippen molar-refractivity contribution in [1.29, 1.82) is 0 Å². The first-order valence-electron chi connectivity index (χ1n) is 4.20. The number of rotatable bonds is 5. The van der Waals surface area contributed by atoms with Crippen molar-refractivity contribution in [3.63, 3.8) is 0 Å². The van der Waals surface area contributed by atoms with Crippen LogP contribution in [0.1, 0.15) is 34.1 Å². The van der Waals surface area contributed by atoms with Gasteiger partial charge >= 0.3 is 0 Å². The molecule has 0 bridgehead atoms. The van der Waals surface area contributed by atoms with E-state index in [0.717, 1.165) is 6.42 Å². The van der Waals surface area contributed by atoms with Gasteiger partial charge in [-0.2, -0.15) is 0 Å². The van der Waals surface area contributed by atoms with Crippen molar-refractivity contribution in [2.45, 2.75) is 39.7 Å². The largest absolute Gasteiger partial charge is 0.379 e.